The van der Waals surface area contributed by atoms with Crippen LogP contribution < -0.4 is 5.32 Å². The van der Waals surface area contributed by atoms with Crippen LogP contribution in [-0.4, -0.2) is 44.9 Å². The molecule has 0 radical (unpaired) electrons. The number of benzene rings is 1. The number of amides is 1. The molecule has 2 atom stereocenters. The van der Waals surface area contributed by atoms with Gasteiger partial charge in [0.15, 0.2) is 0 Å². The zero-order valence-corrected chi connectivity index (χ0v) is 11.8. The van der Waals surface area contributed by atoms with Crippen molar-refractivity contribution in [1.82, 2.24) is 25.5 Å². The largest absolute Gasteiger partial charge is 0.376 e. The van der Waals surface area contributed by atoms with E-state index in [-0.39, 0.29) is 18.1 Å². The maximum atomic E-state index is 12.5. The van der Waals surface area contributed by atoms with E-state index in [1.807, 2.05) is 25.1 Å². The molecule has 1 fully saturated rings. The van der Waals surface area contributed by atoms with Crippen molar-refractivity contribution in [2.45, 2.75) is 31.9 Å². The Kier molecular flexibility index (Phi) is 3.92. The highest BCUT2D eigenvalue weighted by Gasteiger charge is 2.24. The summed E-state index contributed by atoms with van der Waals surface area (Å²) in [5.74, 6) is -0.149. The predicted octanol–water partition coefficient (Wildman–Crippen LogP) is 0.960. The molecule has 2 heterocycles. The molecule has 1 saturated heterocycles. The molecule has 0 bridgehead atoms. The van der Waals surface area contributed by atoms with E-state index < -0.39 is 0 Å². The number of hydrogen-bond donors (Lipinski definition) is 1. The Morgan fingerprint density at radius 2 is 2.33 bits per heavy atom. The molecule has 1 aliphatic heterocycles. The van der Waals surface area contributed by atoms with Crippen molar-refractivity contribution >= 4 is 5.91 Å². The van der Waals surface area contributed by atoms with Gasteiger partial charge in [0.05, 0.1) is 23.4 Å². The van der Waals surface area contributed by atoms with Crippen LogP contribution in [0.2, 0.25) is 0 Å². The number of tetrazole rings is 1. The molecule has 1 aromatic heterocycles. The lowest BCUT2D eigenvalue weighted by Gasteiger charge is -2.20. The average molecular weight is 287 g/mol. The van der Waals surface area contributed by atoms with Gasteiger partial charge >= 0.3 is 0 Å². The third-order valence-corrected chi connectivity index (χ3v) is 3.63. The topological polar surface area (TPSA) is 81.9 Å². The van der Waals surface area contributed by atoms with Crippen LogP contribution in [0.25, 0.3) is 5.69 Å². The summed E-state index contributed by atoms with van der Waals surface area (Å²) in [6, 6.07) is 7.20. The van der Waals surface area contributed by atoms with Crippen LogP contribution >= 0.6 is 0 Å². The van der Waals surface area contributed by atoms with Crippen molar-refractivity contribution in [3.63, 3.8) is 0 Å². The lowest BCUT2D eigenvalue weighted by Crippen LogP contribution is -2.41. The van der Waals surface area contributed by atoms with E-state index in [0.29, 0.717) is 11.3 Å². The molecule has 2 unspecified atom stereocenters. The van der Waals surface area contributed by atoms with Crippen LogP contribution in [0, 0.1) is 0 Å². The van der Waals surface area contributed by atoms with Crippen LogP contribution in [-0.2, 0) is 4.74 Å². The van der Waals surface area contributed by atoms with Gasteiger partial charge in [-0.25, -0.2) is 0 Å². The number of nitrogens with zero attached hydrogens (tertiary/aromatic N) is 4. The smallest absolute Gasteiger partial charge is 0.253 e. The van der Waals surface area contributed by atoms with Gasteiger partial charge in [0.1, 0.15) is 6.33 Å². The Morgan fingerprint density at radius 3 is 3.05 bits per heavy atom. The quantitative estimate of drug-likeness (QED) is 0.905. The fourth-order valence-corrected chi connectivity index (χ4v) is 2.51. The second kappa shape index (κ2) is 6.01. The molecule has 0 spiro atoms. The van der Waals surface area contributed by atoms with Crippen LogP contribution in [0.1, 0.15) is 30.1 Å². The van der Waals surface area contributed by atoms with E-state index in [2.05, 4.69) is 20.8 Å². The highest BCUT2D eigenvalue weighted by Crippen LogP contribution is 2.17. The second-order valence-corrected chi connectivity index (χ2v) is 5.09. The van der Waals surface area contributed by atoms with Crippen LogP contribution in [0.3, 0.4) is 0 Å². The van der Waals surface area contributed by atoms with Crippen molar-refractivity contribution in [3.8, 4) is 5.69 Å². The van der Waals surface area contributed by atoms with Gasteiger partial charge in [0.2, 0.25) is 0 Å². The Balaban J connectivity index is 1.78. The van der Waals surface area contributed by atoms with Crippen molar-refractivity contribution in [3.05, 3.63) is 36.2 Å². The molecule has 7 nitrogen and oxygen atoms in total. The number of carbonyl (C=O) groups is 1. The van der Waals surface area contributed by atoms with Crippen molar-refractivity contribution in [2.24, 2.45) is 0 Å². The Labute approximate surface area is 122 Å². The molecular formula is C14H17N5O2. The third kappa shape index (κ3) is 2.92. The van der Waals surface area contributed by atoms with Crippen molar-refractivity contribution < 1.29 is 9.53 Å². The minimum Gasteiger partial charge on any atom is -0.376 e. The monoisotopic (exact) mass is 287 g/mol. The van der Waals surface area contributed by atoms with Crippen molar-refractivity contribution in [2.75, 3.05) is 6.61 Å². The van der Waals surface area contributed by atoms with Gasteiger partial charge in [-0.1, -0.05) is 12.1 Å². The maximum Gasteiger partial charge on any atom is 0.253 e. The second-order valence-electron chi connectivity index (χ2n) is 5.09. The van der Waals surface area contributed by atoms with E-state index in [0.717, 1.165) is 19.4 Å². The first-order valence-corrected chi connectivity index (χ1v) is 7.00. The molecule has 21 heavy (non-hydrogen) atoms. The fourth-order valence-electron chi connectivity index (χ4n) is 2.51. The number of rotatable bonds is 4. The number of hydrogen-bond acceptors (Lipinski definition) is 5. The van der Waals surface area contributed by atoms with Gasteiger partial charge in [-0.15, -0.1) is 5.10 Å². The average Bonchev–Trinajstić information content (AvgIpc) is 3.20. The molecular weight excluding hydrogens is 270 g/mol. The van der Waals surface area contributed by atoms with Gasteiger partial charge in [-0.2, -0.15) is 4.68 Å². The van der Waals surface area contributed by atoms with Crippen LogP contribution in [0.5, 0.6) is 0 Å². The van der Waals surface area contributed by atoms with Gasteiger partial charge in [0, 0.05) is 6.61 Å². The SMILES string of the molecule is CC(NC(=O)c1ccccc1-n1cnnn1)C1CCCO1. The lowest BCUT2D eigenvalue weighted by atomic mass is 10.1. The summed E-state index contributed by atoms with van der Waals surface area (Å²) in [5, 5.41) is 14.0. The highest BCUT2D eigenvalue weighted by molar-refractivity contribution is 5.97. The normalized spacial score (nSPS) is 19.4. The fraction of sp³-hybridized carbons (Fsp3) is 0.429. The van der Waals surface area contributed by atoms with Gasteiger partial charge in [-0.05, 0) is 42.3 Å². The minimum absolute atomic E-state index is 0.0260. The van der Waals surface area contributed by atoms with E-state index in [4.69, 9.17) is 4.74 Å². The summed E-state index contributed by atoms with van der Waals surface area (Å²) in [6.07, 6.45) is 3.59. The predicted molar refractivity (Wildman–Crippen MR) is 75.1 cm³/mol. The molecule has 110 valence electrons. The van der Waals surface area contributed by atoms with E-state index in [9.17, 15) is 4.79 Å². The molecule has 3 rings (SSSR count). The summed E-state index contributed by atoms with van der Waals surface area (Å²) in [7, 11) is 0. The van der Waals surface area contributed by atoms with Gasteiger partial charge < -0.3 is 10.1 Å². The van der Waals surface area contributed by atoms with E-state index in [1.165, 1.54) is 11.0 Å². The first kappa shape index (κ1) is 13.7. The summed E-state index contributed by atoms with van der Waals surface area (Å²) < 4.78 is 7.08. The Morgan fingerprint density at radius 1 is 1.48 bits per heavy atom. The summed E-state index contributed by atoms with van der Waals surface area (Å²) in [6.45, 7) is 2.74. The summed E-state index contributed by atoms with van der Waals surface area (Å²) >= 11 is 0. The first-order valence-electron chi connectivity index (χ1n) is 7.00. The molecule has 0 saturated carbocycles. The Bertz CT molecular complexity index is 608. The summed E-state index contributed by atoms with van der Waals surface area (Å²) in [5.41, 5.74) is 1.19. The summed E-state index contributed by atoms with van der Waals surface area (Å²) in [4.78, 5) is 12.5. The van der Waals surface area contributed by atoms with Gasteiger partial charge in [0.25, 0.3) is 5.91 Å². The van der Waals surface area contributed by atoms with Gasteiger partial charge in [-0.3, -0.25) is 4.79 Å². The third-order valence-electron chi connectivity index (χ3n) is 3.63. The molecule has 7 heteroatoms. The first-order chi connectivity index (χ1) is 10.3. The number of aromatic nitrogens is 4. The molecule has 1 aliphatic rings. The van der Waals surface area contributed by atoms with E-state index >= 15 is 0 Å². The molecule has 2 aromatic rings. The number of ether oxygens (including phenoxy) is 1. The van der Waals surface area contributed by atoms with Crippen molar-refractivity contribution in [1.29, 1.82) is 0 Å². The zero-order valence-electron chi connectivity index (χ0n) is 11.8. The number of para-hydroxylation sites is 1. The molecule has 1 N–H and O–H groups in total. The minimum atomic E-state index is -0.149. The lowest BCUT2D eigenvalue weighted by molar-refractivity contribution is 0.0712. The van der Waals surface area contributed by atoms with E-state index in [1.54, 1.807) is 6.07 Å². The molecule has 0 aliphatic carbocycles. The molecule has 1 amide bonds. The number of nitrogens with one attached hydrogen (secondary N) is 1. The van der Waals surface area contributed by atoms with Crippen LogP contribution in [0.15, 0.2) is 30.6 Å². The highest BCUT2D eigenvalue weighted by atomic mass is 16.5. The molecule has 1 aromatic carbocycles. The standard InChI is InChI=1S/C14H17N5O2/c1-10(13-7-4-8-21-13)16-14(20)11-5-2-3-6-12(11)19-9-15-17-18-19/h2-3,5-6,9-10,13H,4,7-8H2,1H3,(H,16,20). The van der Waals surface area contributed by atoms with Crippen LogP contribution in [0.4, 0.5) is 0 Å². The maximum absolute atomic E-state index is 12.5. The Hall–Kier alpha value is -2.28. The number of carbonyl (C=O) groups excluding carboxylic acids is 1. The zero-order chi connectivity index (χ0) is 14.7.